The van der Waals surface area contributed by atoms with Gasteiger partial charge in [0.25, 0.3) is 5.69 Å². The number of aryl methyl sites for hydroxylation is 1. The van der Waals surface area contributed by atoms with Crippen LogP contribution in [-0.2, 0) is 16.1 Å². The predicted molar refractivity (Wildman–Crippen MR) is 140 cm³/mol. The van der Waals surface area contributed by atoms with E-state index >= 15 is 0 Å². The molecule has 0 aliphatic carbocycles. The molecular formula is C26H21IN2O6. The molecule has 0 radical (unpaired) electrons. The lowest BCUT2D eigenvalue weighted by molar-refractivity contribution is -0.384. The lowest BCUT2D eigenvalue weighted by Gasteiger charge is -2.13. The third-order valence-electron chi connectivity index (χ3n) is 5.14. The number of nitro groups is 1. The summed E-state index contributed by atoms with van der Waals surface area (Å²) < 4.78 is 18.1. The second-order valence-electron chi connectivity index (χ2n) is 7.65. The minimum Gasteiger partial charge on any atom is -0.490 e. The van der Waals surface area contributed by atoms with E-state index in [0.29, 0.717) is 23.7 Å². The van der Waals surface area contributed by atoms with Crippen molar-refractivity contribution in [2.45, 2.75) is 20.5 Å². The van der Waals surface area contributed by atoms with Crippen molar-refractivity contribution in [3.63, 3.8) is 0 Å². The van der Waals surface area contributed by atoms with E-state index in [1.54, 1.807) is 36.4 Å². The normalized spacial score (nSPS) is 14.0. The summed E-state index contributed by atoms with van der Waals surface area (Å²) in [5, 5.41) is 10.8. The van der Waals surface area contributed by atoms with Crippen molar-refractivity contribution in [1.29, 1.82) is 0 Å². The highest BCUT2D eigenvalue weighted by Crippen LogP contribution is 2.31. The van der Waals surface area contributed by atoms with Crippen LogP contribution in [0.5, 0.6) is 11.5 Å². The molecule has 3 aromatic carbocycles. The maximum Gasteiger partial charge on any atom is 0.363 e. The Labute approximate surface area is 215 Å². The molecule has 3 aromatic rings. The van der Waals surface area contributed by atoms with Crippen molar-refractivity contribution in [3.8, 4) is 11.5 Å². The van der Waals surface area contributed by atoms with Gasteiger partial charge in [-0.05, 0) is 102 Å². The zero-order valence-corrected chi connectivity index (χ0v) is 21.1. The van der Waals surface area contributed by atoms with Gasteiger partial charge in [-0.2, -0.15) is 0 Å². The first-order valence-corrected chi connectivity index (χ1v) is 11.8. The van der Waals surface area contributed by atoms with E-state index in [0.717, 1.165) is 20.3 Å². The molecule has 8 nitrogen and oxygen atoms in total. The Hall–Kier alpha value is -3.73. The molecule has 0 saturated heterocycles. The second kappa shape index (κ2) is 10.7. The molecule has 1 aliphatic heterocycles. The summed E-state index contributed by atoms with van der Waals surface area (Å²) in [5.41, 5.74) is 3.51. The Morgan fingerprint density at radius 2 is 1.83 bits per heavy atom. The van der Waals surface area contributed by atoms with Gasteiger partial charge in [-0.1, -0.05) is 6.07 Å². The van der Waals surface area contributed by atoms with E-state index in [2.05, 4.69) is 27.6 Å². The molecule has 0 spiro atoms. The fourth-order valence-corrected chi connectivity index (χ4v) is 3.68. The van der Waals surface area contributed by atoms with Crippen molar-refractivity contribution in [1.82, 2.24) is 0 Å². The number of nitro benzene ring substituents is 1. The number of ether oxygens (including phenoxy) is 3. The van der Waals surface area contributed by atoms with Crippen LogP contribution in [0.1, 0.15) is 29.2 Å². The summed E-state index contributed by atoms with van der Waals surface area (Å²) in [5.74, 6) is 0.772. The largest absolute Gasteiger partial charge is 0.490 e. The number of carbonyl (C=O) groups excluding carboxylic acids is 1. The molecule has 9 heteroatoms. The van der Waals surface area contributed by atoms with E-state index in [1.165, 1.54) is 12.1 Å². The van der Waals surface area contributed by atoms with Crippen LogP contribution >= 0.6 is 22.6 Å². The number of rotatable bonds is 8. The number of hydrogen-bond acceptors (Lipinski definition) is 7. The van der Waals surface area contributed by atoms with Gasteiger partial charge < -0.3 is 14.2 Å². The van der Waals surface area contributed by atoms with Gasteiger partial charge in [0.1, 0.15) is 6.61 Å². The predicted octanol–water partition coefficient (Wildman–Crippen LogP) is 5.83. The van der Waals surface area contributed by atoms with Gasteiger partial charge >= 0.3 is 5.97 Å². The molecule has 0 unspecified atom stereocenters. The van der Waals surface area contributed by atoms with Crippen LogP contribution in [0, 0.1) is 20.6 Å². The number of hydrogen-bond donors (Lipinski definition) is 0. The number of nitrogens with zero attached hydrogens (tertiary/aromatic N) is 2. The molecule has 0 aromatic heterocycles. The van der Waals surface area contributed by atoms with Gasteiger partial charge in [0.2, 0.25) is 5.90 Å². The van der Waals surface area contributed by atoms with E-state index in [9.17, 15) is 14.9 Å². The summed E-state index contributed by atoms with van der Waals surface area (Å²) in [6.45, 7) is 4.48. The van der Waals surface area contributed by atoms with Crippen molar-refractivity contribution < 1.29 is 23.9 Å². The minimum atomic E-state index is -0.521. The van der Waals surface area contributed by atoms with Crippen molar-refractivity contribution in [3.05, 3.63) is 102 Å². The smallest absolute Gasteiger partial charge is 0.363 e. The second-order valence-corrected chi connectivity index (χ2v) is 8.81. The SMILES string of the molecule is CCOc1cc(/C=C2\N=C(c3ccc(I)c(C)c3)OC2=O)ccc1OCc1ccc([N+](=O)[O-])cc1. The van der Waals surface area contributed by atoms with Crippen molar-refractivity contribution >= 4 is 46.2 Å². The zero-order valence-electron chi connectivity index (χ0n) is 19.0. The van der Waals surface area contributed by atoms with Gasteiger partial charge in [-0.3, -0.25) is 10.1 Å². The minimum absolute atomic E-state index is 0.0227. The number of halogens is 1. The lowest BCUT2D eigenvalue weighted by atomic mass is 10.1. The van der Waals surface area contributed by atoms with Crippen LogP contribution in [0.4, 0.5) is 5.69 Å². The van der Waals surface area contributed by atoms with E-state index in [1.807, 2.05) is 32.0 Å². The highest BCUT2D eigenvalue weighted by Gasteiger charge is 2.24. The number of aliphatic imine (C=N–C) groups is 1. The van der Waals surface area contributed by atoms with Gasteiger partial charge in [-0.25, -0.2) is 9.79 Å². The van der Waals surface area contributed by atoms with Gasteiger partial charge in [0.15, 0.2) is 17.2 Å². The number of cyclic esters (lactones) is 1. The Morgan fingerprint density at radius 3 is 2.51 bits per heavy atom. The Bertz CT molecular complexity index is 1350. The van der Waals surface area contributed by atoms with Crippen LogP contribution in [-0.4, -0.2) is 23.4 Å². The quantitative estimate of drug-likeness (QED) is 0.109. The summed E-state index contributed by atoms with van der Waals surface area (Å²) in [7, 11) is 0. The van der Waals surface area contributed by atoms with Gasteiger partial charge in [0.05, 0.1) is 11.5 Å². The molecule has 0 N–H and O–H groups in total. The maximum atomic E-state index is 12.4. The first kappa shape index (κ1) is 24.4. The summed E-state index contributed by atoms with van der Waals surface area (Å²) in [6, 6.07) is 17.2. The van der Waals surface area contributed by atoms with Crippen molar-refractivity contribution in [2.24, 2.45) is 4.99 Å². The van der Waals surface area contributed by atoms with E-state index in [4.69, 9.17) is 14.2 Å². The van der Waals surface area contributed by atoms with E-state index < -0.39 is 10.9 Å². The molecule has 1 aliphatic rings. The fourth-order valence-electron chi connectivity index (χ4n) is 3.35. The van der Waals surface area contributed by atoms with Gasteiger partial charge in [0, 0.05) is 21.3 Å². The monoisotopic (exact) mass is 584 g/mol. The standard InChI is InChI=1S/C26H21IN2O6/c1-3-33-24-14-18(6-11-23(24)34-15-17-4-8-20(9-5-17)29(31)32)13-22-26(30)35-25(28-22)19-7-10-21(27)16(2)12-19/h4-14H,3,15H2,1-2H3/b22-13-. The fraction of sp³-hybridized carbons (Fsp3) is 0.154. The molecule has 0 atom stereocenters. The number of benzene rings is 3. The summed E-state index contributed by atoms with van der Waals surface area (Å²) in [6.07, 6.45) is 1.64. The van der Waals surface area contributed by atoms with Crippen LogP contribution in [0.25, 0.3) is 6.08 Å². The molecule has 1 heterocycles. The lowest BCUT2D eigenvalue weighted by Crippen LogP contribution is -2.05. The Kier molecular flexibility index (Phi) is 7.45. The average molecular weight is 584 g/mol. The van der Waals surface area contributed by atoms with Crippen LogP contribution < -0.4 is 9.47 Å². The average Bonchev–Trinajstić information content (AvgIpc) is 3.20. The third kappa shape index (κ3) is 5.86. The highest BCUT2D eigenvalue weighted by molar-refractivity contribution is 14.1. The zero-order chi connectivity index (χ0) is 24.9. The van der Waals surface area contributed by atoms with Crippen LogP contribution in [0.15, 0.2) is 71.4 Å². The molecular weight excluding hydrogens is 563 g/mol. The number of esters is 1. The van der Waals surface area contributed by atoms with Gasteiger partial charge in [-0.15, -0.1) is 0 Å². The molecule has 0 bridgehead atoms. The number of carbonyl (C=O) groups is 1. The first-order valence-electron chi connectivity index (χ1n) is 10.8. The summed E-state index contributed by atoms with van der Waals surface area (Å²) >= 11 is 2.25. The molecule has 4 rings (SSSR count). The molecule has 0 fully saturated rings. The first-order chi connectivity index (χ1) is 16.8. The van der Waals surface area contributed by atoms with Crippen LogP contribution in [0.3, 0.4) is 0 Å². The van der Waals surface area contributed by atoms with Crippen LogP contribution in [0.2, 0.25) is 0 Å². The number of non-ortho nitro benzene ring substituents is 1. The maximum absolute atomic E-state index is 12.4. The molecule has 0 saturated carbocycles. The van der Waals surface area contributed by atoms with E-state index in [-0.39, 0.29) is 23.9 Å². The Morgan fingerprint density at radius 1 is 1.06 bits per heavy atom. The highest BCUT2D eigenvalue weighted by atomic mass is 127. The molecule has 0 amide bonds. The topological polar surface area (TPSA) is 100 Å². The third-order valence-corrected chi connectivity index (χ3v) is 6.35. The Balaban J connectivity index is 1.53. The molecule has 178 valence electrons. The molecule has 35 heavy (non-hydrogen) atoms. The van der Waals surface area contributed by atoms with Crippen molar-refractivity contribution in [2.75, 3.05) is 6.61 Å². The summed E-state index contributed by atoms with van der Waals surface area (Å²) in [4.78, 5) is 27.2.